The molecule has 0 saturated carbocycles. The minimum absolute atomic E-state index is 0.442. The van der Waals surface area contributed by atoms with Crippen LogP contribution in [0.1, 0.15) is 21.5 Å². The van der Waals surface area contributed by atoms with Gasteiger partial charge >= 0.3 is 6.09 Å². The normalized spacial score (nSPS) is 9.53. The van der Waals surface area contributed by atoms with Gasteiger partial charge in [0, 0.05) is 5.56 Å². The SMILES string of the molecule is COC(=O)NC(=O)c1cc(C)ccc1C. The van der Waals surface area contributed by atoms with E-state index in [0.717, 1.165) is 11.1 Å². The van der Waals surface area contributed by atoms with E-state index in [9.17, 15) is 9.59 Å². The second-order valence-corrected chi connectivity index (χ2v) is 3.26. The van der Waals surface area contributed by atoms with Gasteiger partial charge in [0.25, 0.3) is 5.91 Å². The Labute approximate surface area is 88.2 Å². The number of methoxy groups -OCH3 is 1. The van der Waals surface area contributed by atoms with E-state index in [2.05, 4.69) is 10.1 Å². The minimum Gasteiger partial charge on any atom is -0.453 e. The second-order valence-electron chi connectivity index (χ2n) is 3.26. The van der Waals surface area contributed by atoms with Gasteiger partial charge in [-0.05, 0) is 25.5 Å². The Morgan fingerprint density at radius 2 is 1.93 bits per heavy atom. The molecule has 0 aliphatic carbocycles. The molecule has 4 nitrogen and oxygen atoms in total. The lowest BCUT2D eigenvalue weighted by molar-refractivity contribution is 0.0936. The fraction of sp³-hybridized carbons (Fsp3) is 0.273. The van der Waals surface area contributed by atoms with E-state index in [1.54, 1.807) is 6.07 Å². The lowest BCUT2D eigenvalue weighted by Gasteiger charge is -2.06. The molecule has 1 aromatic rings. The summed E-state index contributed by atoms with van der Waals surface area (Å²) in [5, 5.41) is 2.11. The van der Waals surface area contributed by atoms with Crippen LogP contribution in [0.25, 0.3) is 0 Å². The van der Waals surface area contributed by atoms with E-state index in [4.69, 9.17) is 0 Å². The van der Waals surface area contributed by atoms with Crippen molar-refractivity contribution in [3.05, 3.63) is 34.9 Å². The Morgan fingerprint density at radius 3 is 2.53 bits per heavy atom. The van der Waals surface area contributed by atoms with Gasteiger partial charge in [0.1, 0.15) is 0 Å². The van der Waals surface area contributed by atoms with E-state index in [0.29, 0.717) is 5.56 Å². The first-order chi connectivity index (χ1) is 7.04. The van der Waals surface area contributed by atoms with E-state index in [1.807, 2.05) is 26.0 Å². The number of hydrogen-bond donors (Lipinski definition) is 1. The van der Waals surface area contributed by atoms with Crippen molar-refractivity contribution in [3.63, 3.8) is 0 Å². The van der Waals surface area contributed by atoms with Gasteiger partial charge in [-0.1, -0.05) is 17.7 Å². The predicted octanol–water partition coefficient (Wildman–Crippen LogP) is 1.80. The summed E-state index contributed by atoms with van der Waals surface area (Å²) in [5.41, 5.74) is 2.28. The fourth-order valence-electron chi connectivity index (χ4n) is 1.19. The monoisotopic (exact) mass is 207 g/mol. The largest absolute Gasteiger partial charge is 0.453 e. The molecule has 0 fully saturated rings. The third kappa shape index (κ3) is 2.80. The standard InChI is InChI=1S/C11H13NO3/c1-7-4-5-8(2)9(6-7)10(13)12-11(14)15-3/h4-6H,1-3H3,(H,12,13,14). The van der Waals surface area contributed by atoms with Gasteiger partial charge in [0.15, 0.2) is 0 Å². The third-order valence-corrected chi connectivity index (χ3v) is 2.04. The summed E-state index contributed by atoms with van der Waals surface area (Å²) in [4.78, 5) is 22.4. The van der Waals surface area contributed by atoms with E-state index >= 15 is 0 Å². The van der Waals surface area contributed by atoms with Crippen molar-refractivity contribution < 1.29 is 14.3 Å². The van der Waals surface area contributed by atoms with Crippen LogP contribution in [0.15, 0.2) is 18.2 Å². The first-order valence-electron chi connectivity index (χ1n) is 4.51. The van der Waals surface area contributed by atoms with E-state index in [1.165, 1.54) is 7.11 Å². The van der Waals surface area contributed by atoms with Crippen LogP contribution < -0.4 is 5.32 Å². The van der Waals surface area contributed by atoms with Crippen molar-refractivity contribution in [2.75, 3.05) is 7.11 Å². The van der Waals surface area contributed by atoms with Crippen LogP contribution in [0.2, 0.25) is 0 Å². The highest BCUT2D eigenvalue weighted by Gasteiger charge is 2.12. The van der Waals surface area contributed by atoms with Gasteiger partial charge < -0.3 is 4.74 Å². The molecule has 0 radical (unpaired) electrons. The lowest BCUT2D eigenvalue weighted by Crippen LogP contribution is -2.30. The van der Waals surface area contributed by atoms with Gasteiger partial charge in [-0.3, -0.25) is 10.1 Å². The van der Waals surface area contributed by atoms with Gasteiger partial charge in [-0.15, -0.1) is 0 Å². The zero-order valence-corrected chi connectivity index (χ0v) is 8.96. The molecule has 0 bridgehead atoms. The molecule has 0 spiro atoms. The van der Waals surface area contributed by atoms with E-state index < -0.39 is 12.0 Å². The number of hydrogen-bond acceptors (Lipinski definition) is 3. The third-order valence-electron chi connectivity index (χ3n) is 2.04. The van der Waals surface area contributed by atoms with Crippen LogP contribution in [0.3, 0.4) is 0 Å². The van der Waals surface area contributed by atoms with Crippen LogP contribution in [0.4, 0.5) is 4.79 Å². The Hall–Kier alpha value is -1.84. The molecule has 0 unspecified atom stereocenters. The maximum Gasteiger partial charge on any atom is 0.413 e. The molecule has 0 aliphatic rings. The van der Waals surface area contributed by atoms with Crippen molar-refractivity contribution in [3.8, 4) is 0 Å². The highest BCUT2D eigenvalue weighted by atomic mass is 16.5. The molecule has 80 valence electrons. The van der Waals surface area contributed by atoms with Gasteiger partial charge in [0.2, 0.25) is 0 Å². The van der Waals surface area contributed by atoms with Crippen LogP contribution in [-0.2, 0) is 4.74 Å². The molecular weight excluding hydrogens is 194 g/mol. The van der Waals surface area contributed by atoms with Crippen molar-refractivity contribution >= 4 is 12.0 Å². The maximum atomic E-state index is 11.6. The predicted molar refractivity (Wildman–Crippen MR) is 55.8 cm³/mol. The van der Waals surface area contributed by atoms with Gasteiger partial charge in [0.05, 0.1) is 7.11 Å². The minimum atomic E-state index is -0.749. The topological polar surface area (TPSA) is 55.4 Å². The number of carbonyl (C=O) groups is 2. The number of aryl methyl sites for hydroxylation is 2. The number of imide groups is 1. The zero-order valence-electron chi connectivity index (χ0n) is 8.96. The average Bonchev–Trinajstić information content (AvgIpc) is 2.21. The fourth-order valence-corrected chi connectivity index (χ4v) is 1.19. The molecule has 1 rings (SSSR count). The summed E-state index contributed by atoms with van der Waals surface area (Å²) in [6, 6.07) is 5.47. The van der Waals surface area contributed by atoms with Crippen molar-refractivity contribution in [1.29, 1.82) is 0 Å². The molecule has 0 saturated heterocycles. The summed E-state index contributed by atoms with van der Waals surface area (Å²) in [6.45, 7) is 3.69. The van der Waals surface area contributed by atoms with Gasteiger partial charge in [-0.25, -0.2) is 4.79 Å². The molecule has 15 heavy (non-hydrogen) atoms. The smallest absolute Gasteiger partial charge is 0.413 e. The molecule has 0 heterocycles. The quantitative estimate of drug-likeness (QED) is 0.763. The molecule has 2 amide bonds. The summed E-state index contributed by atoms with van der Waals surface area (Å²) >= 11 is 0. The number of ether oxygens (including phenoxy) is 1. The van der Waals surface area contributed by atoms with Crippen LogP contribution in [-0.4, -0.2) is 19.1 Å². The molecule has 1 N–H and O–H groups in total. The van der Waals surface area contributed by atoms with Crippen LogP contribution in [0.5, 0.6) is 0 Å². The number of benzene rings is 1. The Balaban J connectivity index is 2.91. The molecule has 1 aromatic carbocycles. The summed E-state index contributed by atoms with van der Waals surface area (Å²) in [5.74, 6) is -0.442. The summed E-state index contributed by atoms with van der Waals surface area (Å²) in [6.07, 6.45) is -0.749. The average molecular weight is 207 g/mol. The van der Waals surface area contributed by atoms with Crippen molar-refractivity contribution in [2.45, 2.75) is 13.8 Å². The maximum absolute atomic E-state index is 11.6. The van der Waals surface area contributed by atoms with E-state index in [-0.39, 0.29) is 0 Å². The number of carbonyl (C=O) groups excluding carboxylic acids is 2. The number of alkyl carbamates (subject to hydrolysis) is 1. The number of nitrogens with one attached hydrogen (secondary N) is 1. The molecule has 0 atom stereocenters. The molecule has 4 heteroatoms. The molecule has 0 aliphatic heterocycles. The van der Waals surface area contributed by atoms with Crippen LogP contribution >= 0.6 is 0 Å². The van der Waals surface area contributed by atoms with Gasteiger partial charge in [-0.2, -0.15) is 0 Å². The summed E-state index contributed by atoms with van der Waals surface area (Å²) < 4.78 is 4.34. The Morgan fingerprint density at radius 1 is 1.27 bits per heavy atom. The Bertz CT molecular complexity index is 399. The van der Waals surface area contributed by atoms with Crippen molar-refractivity contribution in [2.24, 2.45) is 0 Å². The number of rotatable bonds is 1. The first kappa shape index (κ1) is 11.2. The highest BCUT2D eigenvalue weighted by molar-refractivity contribution is 6.03. The number of amides is 2. The Kier molecular flexibility index (Phi) is 3.44. The zero-order chi connectivity index (χ0) is 11.4. The highest BCUT2D eigenvalue weighted by Crippen LogP contribution is 2.10. The lowest BCUT2D eigenvalue weighted by atomic mass is 10.1. The summed E-state index contributed by atoms with van der Waals surface area (Å²) in [7, 11) is 1.21. The second kappa shape index (κ2) is 4.59. The van der Waals surface area contributed by atoms with Crippen LogP contribution in [0, 0.1) is 13.8 Å². The first-order valence-corrected chi connectivity index (χ1v) is 4.51. The molecule has 0 aromatic heterocycles. The molecular formula is C11H13NO3. The van der Waals surface area contributed by atoms with Crippen molar-refractivity contribution in [1.82, 2.24) is 5.32 Å².